The summed E-state index contributed by atoms with van der Waals surface area (Å²) in [7, 11) is 0. The molecule has 0 unspecified atom stereocenters. The molecule has 1 N–H and O–H groups in total. The van der Waals surface area contributed by atoms with Crippen LogP contribution in [0.1, 0.15) is 13.8 Å². The fourth-order valence-corrected chi connectivity index (χ4v) is 1.01. The van der Waals surface area contributed by atoms with E-state index in [-0.39, 0.29) is 6.10 Å². The van der Waals surface area contributed by atoms with Gasteiger partial charge in [0.05, 0.1) is 19.3 Å². The van der Waals surface area contributed by atoms with E-state index in [2.05, 4.69) is 10.3 Å². The maximum absolute atomic E-state index is 8.33. The summed E-state index contributed by atoms with van der Waals surface area (Å²) >= 11 is 1.41. The summed E-state index contributed by atoms with van der Waals surface area (Å²) in [4.78, 5) is 4.12. The molecule has 0 heterocycles. The second kappa shape index (κ2) is 7.90. The summed E-state index contributed by atoms with van der Waals surface area (Å²) in [6.07, 6.45) is 3.93. The van der Waals surface area contributed by atoms with Gasteiger partial charge in [-0.3, -0.25) is 10.3 Å². The van der Waals surface area contributed by atoms with Crippen molar-refractivity contribution in [2.24, 2.45) is 4.99 Å². The monoisotopic (exact) mass is 201 g/mol. The van der Waals surface area contributed by atoms with Crippen LogP contribution in [0.3, 0.4) is 0 Å². The molecule has 74 valence electrons. The van der Waals surface area contributed by atoms with Crippen molar-refractivity contribution < 1.29 is 4.74 Å². The summed E-state index contributed by atoms with van der Waals surface area (Å²) in [5.74, 6) is 0. The number of hydrogen-bond acceptors (Lipinski definition) is 4. The molecule has 0 atom stereocenters. The van der Waals surface area contributed by atoms with Crippen LogP contribution < -0.4 is 5.32 Å². The molecule has 5 heteroatoms. The van der Waals surface area contributed by atoms with E-state index in [0.717, 1.165) is 0 Å². The molecule has 0 amide bonds. The van der Waals surface area contributed by atoms with Crippen molar-refractivity contribution in [3.05, 3.63) is 0 Å². The van der Waals surface area contributed by atoms with E-state index in [1.54, 1.807) is 0 Å². The highest BCUT2D eigenvalue weighted by atomic mass is 32.2. The van der Waals surface area contributed by atoms with Crippen LogP contribution in [0.4, 0.5) is 0 Å². The third kappa shape index (κ3) is 7.62. The largest absolute Gasteiger partial charge is 0.377 e. The van der Waals surface area contributed by atoms with Crippen molar-refractivity contribution in [3.8, 4) is 6.19 Å². The van der Waals surface area contributed by atoms with Gasteiger partial charge in [0.1, 0.15) is 0 Å². The van der Waals surface area contributed by atoms with Gasteiger partial charge in [-0.05, 0) is 20.1 Å². The van der Waals surface area contributed by atoms with Gasteiger partial charge in [-0.25, -0.2) is 0 Å². The Kier molecular flexibility index (Phi) is 7.45. The molecule has 0 aromatic rings. The van der Waals surface area contributed by atoms with Crippen LogP contribution in [0.2, 0.25) is 0 Å². The number of amidine groups is 1. The van der Waals surface area contributed by atoms with Crippen molar-refractivity contribution in [1.29, 1.82) is 5.26 Å². The topological polar surface area (TPSA) is 57.4 Å². The van der Waals surface area contributed by atoms with E-state index >= 15 is 0 Å². The zero-order valence-corrected chi connectivity index (χ0v) is 9.02. The van der Waals surface area contributed by atoms with Crippen LogP contribution in [-0.2, 0) is 4.74 Å². The molecular weight excluding hydrogens is 186 g/mol. The molecule has 0 aliphatic heterocycles. The lowest BCUT2D eigenvalue weighted by Gasteiger charge is -2.05. The summed E-state index contributed by atoms with van der Waals surface area (Å²) in [6, 6.07) is 0. The normalized spacial score (nSPS) is 11.5. The van der Waals surface area contributed by atoms with Gasteiger partial charge < -0.3 is 4.74 Å². The van der Waals surface area contributed by atoms with Crippen molar-refractivity contribution in [2.45, 2.75) is 20.0 Å². The standard InChI is InChI=1S/C8H15N3OS/c1-7(2)12-5-4-10-8(13-3)11-6-9/h7H,4-5H2,1-3H3,(H,10,11). The molecule has 13 heavy (non-hydrogen) atoms. The molecule has 0 aliphatic carbocycles. The first kappa shape index (κ1) is 12.3. The van der Waals surface area contributed by atoms with Crippen molar-refractivity contribution in [3.63, 3.8) is 0 Å². The van der Waals surface area contributed by atoms with Gasteiger partial charge in [0.15, 0.2) is 11.4 Å². The van der Waals surface area contributed by atoms with Gasteiger partial charge in [0.25, 0.3) is 0 Å². The Bertz CT molecular complexity index is 198. The highest BCUT2D eigenvalue weighted by Gasteiger charge is 1.94. The molecule has 0 spiro atoms. The minimum absolute atomic E-state index is 0.233. The molecule has 0 rings (SSSR count). The molecule has 0 aromatic carbocycles. The summed E-state index contributed by atoms with van der Waals surface area (Å²) in [6.45, 7) is 5.14. The molecule has 0 aromatic heterocycles. The Morgan fingerprint density at radius 1 is 1.69 bits per heavy atom. The number of hydrogen-bond donors (Lipinski definition) is 1. The number of rotatable bonds is 4. The number of nitrogens with one attached hydrogen (secondary N) is 1. The SMILES string of the molecule is CSC(=NCCOC(C)C)NC#N. The van der Waals surface area contributed by atoms with Gasteiger partial charge in [-0.2, -0.15) is 5.26 Å². The highest BCUT2D eigenvalue weighted by molar-refractivity contribution is 8.13. The van der Waals surface area contributed by atoms with Crippen molar-refractivity contribution in [1.82, 2.24) is 5.32 Å². The van der Waals surface area contributed by atoms with E-state index < -0.39 is 0 Å². The fraction of sp³-hybridized carbons (Fsp3) is 0.750. The first-order valence-corrected chi connectivity index (χ1v) is 5.28. The van der Waals surface area contributed by atoms with Gasteiger partial charge >= 0.3 is 0 Å². The smallest absolute Gasteiger partial charge is 0.183 e. The van der Waals surface area contributed by atoms with E-state index in [1.165, 1.54) is 11.8 Å². The first-order chi connectivity index (χ1) is 6.20. The van der Waals surface area contributed by atoms with Gasteiger partial charge in [-0.1, -0.05) is 11.8 Å². The third-order valence-corrected chi connectivity index (χ3v) is 1.77. The quantitative estimate of drug-likeness (QED) is 0.244. The molecule has 0 saturated carbocycles. The van der Waals surface area contributed by atoms with E-state index in [1.807, 2.05) is 26.3 Å². The van der Waals surface area contributed by atoms with Crippen LogP contribution >= 0.6 is 11.8 Å². The minimum atomic E-state index is 0.233. The molecule has 0 aliphatic rings. The molecule has 0 saturated heterocycles. The van der Waals surface area contributed by atoms with Crippen LogP contribution in [0.15, 0.2) is 4.99 Å². The van der Waals surface area contributed by atoms with Crippen LogP contribution in [0.5, 0.6) is 0 Å². The zero-order chi connectivity index (χ0) is 10.1. The zero-order valence-electron chi connectivity index (χ0n) is 8.20. The predicted octanol–water partition coefficient (Wildman–Crippen LogP) is 1.20. The first-order valence-electron chi connectivity index (χ1n) is 4.05. The lowest BCUT2D eigenvalue weighted by atomic mass is 10.5. The average Bonchev–Trinajstić information content (AvgIpc) is 2.10. The Morgan fingerprint density at radius 2 is 2.38 bits per heavy atom. The maximum Gasteiger partial charge on any atom is 0.183 e. The Labute approximate surface area is 83.4 Å². The number of nitrogens with zero attached hydrogens (tertiary/aromatic N) is 2. The van der Waals surface area contributed by atoms with E-state index in [9.17, 15) is 0 Å². The molecule has 4 nitrogen and oxygen atoms in total. The predicted molar refractivity (Wildman–Crippen MR) is 55.7 cm³/mol. The summed E-state index contributed by atoms with van der Waals surface area (Å²) < 4.78 is 5.29. The second-order valence-corrected chi connectivity index (χ2v) is 3.34. The third-order valence-electron chi connectivity index (χ3n) is 1.15. The van der Waals surface area contributed by atoms with Gasteiger partial charge in [0.2, 0.25) is 0 Å². The van der Waals surface area contributed by atoms with Gasteiger partial charge in [0, 0.05) is 0 Å². The van der Waals surface area contributed by atoms with Crippen molar-refractivity contribution in [2.75, 3.05) is 19.4 Å². The maximum atomic E-state index is 8.33. The Hall–Kier alpha value is -0.730. The van der Waals surface area contributed by atoms with Crippen LogP contribution in [0.25, 0.3) is 0 Å². The summed E-state index contributed by atoms with van der Waals surface area (Å²) in [5, 5.41) is 11.4. The second-order valence-electron chi connectivity index (χ2n) is 2.55. The van der Waals surface area contributed by atoms with Crippen molar-refractivity contribution >= 4 is 16.9 Å². The summed E-state index contributed by atoms with van der Waals surface area (Å²) in [5.41, 5.74) is 0. The van der Waals surface area contributed by atoms with Gasteiger partial charge in [-0.15, -0.1) is 0 Å². The molecule has 0 radical (unpaired) electrons. The molecular formula is C8H15N3OS. The van der Waals surface area contributed by atoms with Crippen LogP contribution in [0, 0.1) is 11.5 Å². The van der Waals surface area contributed by atoms with E-state index in [4.69, 9.17) is 10.00 Å². The Morgan fingerprint density at radius 3 is 2.85 bits per heavy atom. The minimum Gasteiger partial charge on any atom is -0.377 e. The number of thioether (sulfide) groups is 1. The lowest BCUT2D eigenvalue weighted by Crippen LogP contribution is -2.15. The number of aliphatic imine (C=N–C) groups is 1. The molecule has 0 fully saturated rings. The highest BCUT2D eigenvalue weighted by Crippen LogP contribution is 1.94. The molecule has 0 bridgehead atoms. The fourth-order valence-electron chi connectivity index (χ4n) is 0.639. The van der Waals surface area contributed by atoms with E-state index in [0.29, 0.717) is 18.3 Å². The number of ether oxygens (including phenoxy) is 1. The Balaban J connectivity index is 3.62. The average molecular weight is 201 g/mol. The van der Waals surface area contributed by atoms with Crippen LogP contribution in [-0.4, -0.2) is 30.7 Å². The number of nitriles is 1. The lowest BCUT2D eigenvalue weighted by molar-refractivity contribution is 0.0854.